The molecule has 1 aliphatic heterocycles. The second-order valence-corrected chi connectivity index (χ2v) is 6.54. The van der Waals surface area contributed by atoms with Gasteiger partial charge in [-0.25, -0.2) is 4.39 Å². The van der Waals surface area contributed by atoms with Gasteiger partial charge in [0.25, 0.3) is 11.8 Å². The van der Waals surface area contributed by atoms with Gasteiger partial charge in [0.1, 0.15) is 35.2 Å². The summed E-state index contributed by atoms with van der Waals surface area (Å²) in [5.74, 6) is -2.83. The summed E-state index contributed by atoms with van der Waals surface area (Å²) in [7, 11) is 0. The van der Waals surface area contributed by atoms with Crippen molar-refractivity contribution in [1.82, 2.24) is 10.2 Å². The minimum atomic E-state index is -1.27. The molecule has 2 aromatic carbocycles. The van der Waals surface area contributed by atoms with E-state index in [0.29, 0.717) is 17.1 Å². The Morgan fingerprint density at radius 1 is 1.13 bits per heavy atom. The van der Waals surface area contributed by atoms with E-state index in [1.165, 1.54) is 29.2 Å². The Morgan fingerprint density at radius 2 is 1.83 bits per heavy atom. The molecule has 156 valence electrons. The second kappa shape index (κ2) is 9.08. The van der Waals surface area contributed by atoms with Crippen molar-refractivity contribution in [2.24, 2.45) is 0 Å². The first-order valence-corrected chi connectivity index (χ1v) is 9.08. The number of para-hydroxylation sites is 1. The number of carboxylic acid groups (broad SMARTS) is 1. The summed E-state index contributed by atoms with van der Waals surface area (Å²) in [5, 5.41) is 20.8. The number of carbonyl (C=O) groups excluding carboxylic acids is 2. The van der Waals surface area contributed by atoms with Crippen LogP contribution >= 0.6 is 0 Å². The van der Waals surface area contributed by atoms with Crippen molar-refractivity contribution in [3.05, 3.63) is 71.2 Å². The van der Waals surface area contributed by atoms with Crippen LogP contribution in [0.15, 0.2) is 59.9 Å². The van der Waals surface area contributed by atoms with Crippen LogP contribution in [-0.4, -0.2) is 46.0 Å². The number of aliphatic carboxylic acids is 1. The highest BCUT2D eigenvalue weighted by atomic mass is 19.1. The third-order valence-electron chi connectivity index (χ3n) is 4.41. The molecule has 0 fully saturated rings. The van der Waals surface area contributed by atoms with Gasteiger partial charge in [-0.2, -0.15) is 0 Å². The molecule has 0 spiro atoms. The number of hydrogen-bond donors (Lipinski definition) is 3. The van der Waals surface area contributed by atoms with Gasteiger partial charge in [-0.05, 0) is 30.3 Å². The van der Waals surface area contributed by atoms with Crippen LogP contribution in [-0.2, 0) is 20.9 Å². The Labute approximate surface area is 171 Å². The van der Waals surface area contributed by atoms with Gasteiger partial charge in [-0.15, -0.1) is 0 Å². The van der Waals surface area contributed by atoms with Crippen molar-refractivity contribution in [3.63, 3.8) is 0 Å². The highest BCUT2D eigenvalue weighted by Gasteiger charge is 2.32. The lowest BCUT2D eigenvalue weighted by Crippen LogP contribution is -2.43. The zero-order valence-electron chi connectivity index (χ0n) is 15.8. The molecule has 30 heavy (non-hydrogen) atoms. The summed E-state index contributed by atoms with van der Waals surface area (Å²) < 4.78 is 18.9. The monoisotopic (exact) mass is 414 g/mol. The number of carboxylic acids is 1. The van der Waals surface area contributed by atoms with Gasteiger partial charge in [-0.3, -0.25) is 14.4 Å². The molecule has 2 amide bonds. The lowest BCUT2D eigenvalue weighted by molar-refractivity contribution is -0.138. The smallest absolute Gasteiger partial charge is 0.322 e. The molecule has 1 heterocycles. The third kappa shape index (κ3) is 4.93. The molecule has 9 heteroatoms. The SMILES string of the molecule is O=C(O)CNC(=O)C1=C(O)CCN(Cc2ccccc2Oc2ccc(F)cc2)C1=O. The molecule has 0 aliphatic carbocycles. The van der Waals surface area contributed by atoms with Crippen LogP contribution in [0.4, 0.5) is 4.39 Å². The molecule has 0 bridgehead atoms. The molecule has 0 unspecified atom stereocenters. The molecule has 3 N–H and O–H groups in total. The average molecular weight is 414 g/mol. The van der Waals surface area contributed by atoms with E-state index in [-0.39, 0.29) is 25.3 Å². The molecule has 0 aromatic heterocycles. The lowest BCUT2D eigenvalue weighted by Gasteiger charge is -2.28. The Hall–Kier alpha value is -3.88. The fourth-order valence-corrected chi connectivity index (χ4v) is 2.94. The summed E-state index contributed by atoms with van der Waals surface area (Å²) in [5.41, 5.74) is 0.168. The van der Waals surface area contributed by atoms with Crippen molar-refractivity contribution >= 4 is 17.8 Å². The maximum absolute atomic E-state index is 13.1. The maximum atomic E-state index is 13.1. The zero-order chi connectivity index (χ0) is 21.7. The van der Waals surface area contributed by atoms with E-state index in [2.05, 4.69) is 5.32 Å². The molecule has 0 atom stereocenters. The Kier molecular flexibility index (Phi) is 6.31. The number of rotatable bonds is 7. The van der Waals surface area contributed by atoms with Gasteiger partial charge < -0.3 is 25.2 Å². The second-order valence-electron chi connectivity index (χ2n) is 6.54. The number of halogens is 1. The summed E-state index contributed by atoms with van der Waals surface area (Å²) >= 11 is 0. The molecule has 0 radical (unpaired) electrons. The first-order valence-electron chi connectivity index (χ1n) is 9.08. The minimum Gasteiger partial charge on any atom is -0.511 e. The van der Waals surface area contributed by atoms with E-state index in [0.717, 1.165) is 0 Å². The largest absolute Gasteiger partial charge is 0.511 e. The number of ether oxygens (including phenoxy) is 1. The quantitative estimate of drug-likeness (QED) is 0.599. The first-order chi connectivity index (χ1) is 14.3. The minimum absolute atomic E-state index is 0.0581. The van der Waals surface area contributed by atoms with E-state index < -0.39 is 35.7 Å². The van der Waals surface area contributed by atoms with E-state index in [1.807, 2.05) is 0 Å². The molecule has 1 aliphatic rings. The molecular weight excluding hydrogens is 395 g/mol. The first kappa shape index (κ1) is 20.8. The number of aliphatic hydroxyl groups excluding tert-OH is 1. The average Bonchev–Trinajstić information content (AvgIpc) is 2.71. The number of nitrogens with zero attached hydrogens (tertiary/aromatic N) is 1. The van der Waals surface area contributed by atoms with Crippen molar-refractivity contribution < 1.29 is 33.7 Å². The highest BCUT2D eigenvalue weighted by molar-refractivity contribution is 6.19. The van der Waals surface area contributed by atoms with E-state index >= 15 is 0 Å². The number of carbonyl (C=O) groups is 3. The predicted octanol–water partition coefficient (Wildman–Crippen LogP) is 2.36. The molecule has 2 aromatic rings. The number of hydrogen-bond acceptors (Lipinski definition) is 5. The van der Waals surface area contributed by atoms with Gasteiger partial charge >= 0.3 is 5.97 Å². The number of benzene rings is 2. The Bertz CT molecular complexity index is 1000. The van der Waals surface area contributed by atoms with Crippen LogP contribution in [0.3, 0.4) is 0 Å². The number of nitrogens with one attached hydrogen (secondary N) is 1. The lowest BCUT2D eigenvalue weighted by atomic mass is 10.0. The normalized spacial score (nSPS) is 13.9. The van der Waals surface area contributed by atoms with Crippen molar-refractivity contribution in [3.8, 4) is 11.5 Å². The molecular formula is C21H19FN2O6. The predicted molar refractivity (Wildman–Crippen MR) is 103 cm³/mol. The van der Waals surface area contributed by atoms with Crippen molar-refractivity contribution in [2.75, 3.05) is 13.1 Å². The van der Waals surface area contributed by atoms with Gasteiger partial charge in [0, 0.05) is 25.1 Å². The van der Waals surface area contributed by atoms with E-state index in [9.17, 15) is 23.9 Å². The summed E-state index contributed by atoms with van der Waals surface area (Å²) in [4.78, 5) is 36.9. The maximum Gasteiger partial charge on any atom is 0.322 e. The van der Waals surface area contributed by atoms with Crippen molar-refractivity contribution in [2.45, 2.75) is 13.0 Å². The fraction of sp³-hybridized carbons (Fsp3) is 0.190. The molecule has 3 rings (SSSR count). The molecule has 0 saturated heterocycles. The van der Waals surface area contributed by atoms with Crippen LogP contribution in [0.25, 0.3) is 0 Å². The standard InChI is InChI=1S/C21H19FN2O6/c22-14-5-7-15(8-6-14)30-17-4-2-1-3-13(17)12-24-10-9-16(25)19(21(24)29)20(28)23-11-18(26)27/h1-8,25H,9-12H2,(H,23,28)(H,26,27). The van der Waals surface area contributed by atoms with Crippen LogP contribution in [0.5, 0.6) is 11.5 Å². The van der Waals surface area contributed by atoms with Crippen LogP contribution in [0.2, 0.25) is 0 Å². The number of amides is 2. The van der Waals surface area contributed by atoms with Crippen LogP contribution in [0, 0.1) is 5.82 Å². The van der Waals surface area contributed by atoms with E-state index in [1.54, 1.807) is 24.3 Å². The van der Waals surface area contributed by atoms with Gasteiger partial charge in [-0.1, -0.05) is 18.2 Å². The highest BCUT2D eigenvalue weighted by Crippen LogP contribution is 2.28. The molecule has 0 saturated carbocycles. The van der Waals surface area contributed by atoms with E-state index in [4.69, 9.17) is 9.84 Å². The number of aliphatic hydroxyl groups is 1. The van der Waals surface area contributed by atoms with Gasteiger partial charge in [0.15, 0.2) is 0 Å². The zero-order valence-corrected chi connectivity index (χ0v) is 15.8. The summed E-state index contributed by atoms with van der Waals surface area (Å²) in [6.45, 7) is -0.401. The topological polar surface area (TPSA) is 116 Å². The molecule has 8 nitrogen and oxygen atoms in total. The Morgan fingerprint density at radius 3 is 2.53 bits per heavy atom. The third-order valence-corrected chi connectivity index (χ3v) is 4.41. The fourth-order valence-electron chi connectivity index (χ4n) is 2.94. The van der Waals surface area contributed by atoms with Gasteiger partial charge in [0.05, 0.1) is 0 Å². The van der Waals surface area contributed by atoms with Crippen LogP contribution < -0.4 is 10.1 Å². The summed E-state index contributed by atoms with van der Waals surface area (Å²) in [6, 6.07) is 12.4. The Balaban J connectivity index is 1.77. The summed E-state index contributed by atoms with van der Waals surface area (Å²) in [6.07, 6.45) is 0.0581. The van der Waals surface area contributed by atoms with Crippen molar-refractivity contribution in [1.29, 1.82) is 0 Å². The van der Waals surface area contributed by atoms with Crippen LogP contribution in [0.1, 0.15) is 12.0 Å². The van der Waals surface area contributed by atoms with Gasteiger partial charge in [0.2, 0.25) is 0 Å².